The summed E-state index contributed by atoms with van der Waals surface area (Å²) >= 11 is 6.05. The molecule has 1 aromatic heterocycles. The van der Waals surface area contributed by atoms with E-state index in [9.17, 15) is 18.4 Å². The predicted octanol–water partition coefficient (Wildman–Crippen LogP) is 4.48. The molecule has 9 heteroatoms. The fourth-order valence-corrected chi connectivity index (χ4v) is 3.14. The van der Waals surface area contributed by atoms with E-state index in [2.05, 4.69) is 10.3 Å². The van der Waals surface area contributed by atoms with E-state index in [1.54, 1.807) is 0 Å². The van der Waals surface area contributed by atoms with Crippen LogP contribution < -0.4 is 10.1 Å². The molecular weight excluding hydrogens is 404 g/mol. The number of benzene rings is 2. The Bertz CT molecular complexity index is 1130. The standard InChI is InChI=1S/C20H16ClF2N3O3/c1-10(27)12-5-4-11(8-14(12)21)25-20(28)19-24-9-15(26(19)2)13-6-7-16(29-3)18(23)17(13)22/h4-9H,1-3H3,(H,25,28). The molecule has 0 saturated carbocycles. The van der Waals surface area contributed by atoms with Gasteiger partial charge in [-0.05, 0) is 37.3 Å². The highest BCUT2D eigenvalue weighted by atomic mass is 35.5. The number of ether oxygens (including phenoxy) is 1. The van der Waals surface area contributed by atoms with E-state index in [-0.39, 0.29) is 33.6 Å². The number of halogens is 3. The summed E-state index contributed by atoms with van der Waals surface area (Å²) in [5.41, 5.74) is 0.836. The van der Waals surface area contributed by atoms with E-state index >= 15 is 0 Å². The third-order valence-corrected chi connectivity index (χ3v) is 4.65. The molecule has 0 aliphatic heterocycles. The summed E-state index contributed by atoms with van der Waals surface area (Å²) in [4.78, 5) is 28.0. The van der Waals surface area contributed by atoms with Gasteiger partial charge < -0.3 is 14.6 Å². The molecule has 2 aromatic carbocycles. The highest BCUT2D eigenvalue weighted by Gasteiger charge is 2.21. The molecule has 150 valence electrons. The molecule has 0 fully saturated rings. The monoisotopic (exact) mass is 419 g/mol. The molecule has 6 nitrogen and oxygen atoms in total. The van der Waals surface area contributed by atoms with Gasteiger partial charge >= 0.3 is 0 Å². The summed E-state index contributed by atoms with van der Waals surface area (Å²) in [6.07, 6.45) is 1.27. The van der Waals surface area contributed by atoms with Crippen LogP contribution >= 0.6 is 11.6 Å². The van der Waals surface area contributed by atoms with E-state index in [4.69, 9.17) is 16.3 Å². The largest absolute Gasteiger partial charge is 0.494 e. The Morgan fingerprint density at radius 1 is 1.17 bits per heavy atom. The number of carbonyl (C=O) groups excluding carboxylic acids is 2. The molecule has 0 aliphatic carbocycles. The Hall–Kier alpha value is -3.26. The van der Waals surface area contributed by atoms with Gasteiger partial charge in [0.25, 0.3) is 5.91 Å². The molecule has 0 bridgehead atoms. The topological polar surface area (TPSA) is 73.2 Å². The number of hydrogen-bond acceptors (Lipinski definition) is 4. The van der Waals surface area contributed by atoms with Gasteiger partial charge in [-0.1, -0.05) is 11.6 Å². The lowest BCUT2D eigenvalue weighted by molar-refractivity contribution is 0.100. The van der Waals surface area contributed by atoms with Gasteiger partial charge in [-0.3, -0.25) is 9.59 Å². The van der Waals surface area contributed by atoms with E-state index in [1.807, 2.05) is 0 Å². The fourth-order valence-electron chi connectivity index (χ4n) is 2.82. The van der Waals surface area contributed by atoms with Crippen LogP contribution in [-0.4, -0.2) is 28.4 Å². The van der Waals surface area contributed by atoms with Crippen molar-refractivity contribution in [1.29, 1.82) is 0 Å². The van der Waals surface area contributed by atoms with Crippen molar-refractivity contribution in [2.24, 2.45) is 7.05 Å². The first kappa shape index (κ1) is 20.5. The van der Waals surface area contributed by atoms with Crippen molar-refractivity contribution < 1.29 is 23.1 Å². The van der Waals surface area contributed by atoms with Crippen LogP contribution in [0.4, 0.5) is 14.5 Å². The number of amides is 1. The van der Waals surface area contributed by atoms with Gasteiger partial charge in [-0.15, -0.1) is 0 Å². The molecule has 0 saturated heterocycles. The van der Waals surface area contributed by atoms with Crippen LogP contribution in [0.2, 0.25) is 5.02 Å². The van der Waals surface area contributed by atoms with Gasteiger partial charge in [0.15, 0.2) is 23.2 Å². The number of rotatable bonds is 5. The number of imidazole rings is 1. The molecule has 1 N–H and O–H groups in total. The number of ketones is 1. The summed E-state index contributed by atoms with van der Waals surface area (Å²) in [5, 5.41) is 2.81. The molecule has 29 heavy (non-hydrogen) atoms. The van der Waals surface area contributed by atoms with Crippen LogP contribution in [0.5, 0.6) is 5.75 Å². The third-order valence-electron chi connectivity index (χ3n) is 4.34. The average molecular weight is 420 g/mol. The lowest BCUT2D eigenvalue weighted by atomic mass is 10.1. The van der Waals surface area contributed by atoms with Gasteiger partial charge in [0.05, 0.1) is 24.0 Å². The molecule has 1 amide bonds. The Balaban J connectivity index is 1.90. The van der Waals surface area contributed by atoms with Crippen LogP contribution in [0.15, 0.2) is 36.5 Å². The number of anilines is 1. The zero-order valence-corrected chi connectivity index (χ0v) is 16.5. The predicted molar refractivity (Wildman–Crippen MR) is 105 cm³/mol. The molecule has 3 rings (SSSR count). The fraction of sp³-hybridized carbons (Fsp3) is 0.150. The zero-order chi connectivity index (χ0) is 21.3. The second kappa shape index (κ2) is 8.00. The maximum absolute atomic E-state index is 14.4. The zero-order valence-electron chi connectivity index (χ0n) is 15.7. The van der Waals surface area contributed by atoms with E-state index in [0.717, 1.165) is 0 Å². The number of aromatic nitrogens is 2. The highest BCUT2D eigenvalue weighted by Crippen LogP contribution is 2.30. The highest BCUT2D eigenvalue weighted by molar-refractivity contribution is 6.34. The SMILES string of the molecule is COc1ccc(-c2cnc(C(=O)Nc3ccc(C(C)=O)c(Cl)c3)n2C)c(F)c1F. The van der Waals surface area contributed by atoms with Gasteiger partial charge in [0.1, 0.15) is 0 Å². The van der Waals surface area contributed by atoms with E-state index in [1.165, 1.54) is 62.2 Å². The lowest BCUT2D eigenvalue weighted by Gasteiger charge is -2.10. The summed E-state index contributed by atoms with van der Waals surface area (Å²) < 4.78 is 34.5. The Kier molecular flexibility index (Phi) is 5.65. The molecule has 0 radical (unpaired) electrons. The first-order valence-electron chi connectivity index (χ1n) is 8.40. The summed E-state index contributed by atoms with van der Waals surface area (Å²) in [5.74, 6) is -3.27. The number of nitrogens with zero attached hydrogens (tertiary/aromatic N) is 2. The van der Waals surface area contributed by atoms with Crippen molar-refractivity contribution in [3.63, 3.8) is 0 Å². The third kappa shape index (κ3) is 3.84. The van der Waals surface area contributed by atoms with Crippen LogP contribution in [0.25, 0.3) is 11.3 Å². The maximum Gasteiger partial charge on any atom is 0.291 e. The number of nitrogens with one attached hydrogen (secondary N) is 1. The molecule has 0 atom stereocenters. The van der Waals surface area contributed by atoms with Gasteiger partial charge in [0, 0.05) is 23.9 Å². The molecule has 1 heterocycles. The lowest BCUT2D eigenvalue weighted by Crippen LogP contribution is -2.17. The second-order valence-electron chi connectivity index (χ2n) is 6.17. The Morgan fingerprint density at radius 3 is 2.52 bits per heavy atom. The number of hydrogen-bond donors (Lipinski definition) is 1. The van der Waals surface area contributed by atoms with Gasteiger partial charge in [-0.25, -0.2) is 9.37 Å². The summed E-state index contributed by atoms with van der Waals surface area (Å²) in [7, 11) is 2.74. The number of Topliss-reactive ketones (excluding diaryl/α,β-unsaturated/α-hetero) is 1. The Labute approximate surface area is 170 Å². The second-order valence-corrected chi connectivity index (χ2v) is 6.58. The molecular formula is C20H16ClF2N3O3. The van der Waals surface area contributed by atoms with Crippen LogP contribution in [0.1, 0.15) is 27.9 Å². The average Bonchev–Trinajstić information content (AvgIpc) is 3.05. The Morgan fingerprint density at radius 2 is 1.90 bits per heavy atom. The van der Waals surface area contributed by atoms with Crippen molar-refractivity contribution >= 4 is 29.0 Å². The van der Waals surface area contributed by atoms with Crippen LogP contribution in [-0.2, 0) is 7.05 Å². The molecule has 3 aromatic rings. The van der Waals surface area contributed by atoms with Crippen molar-refractivity contribution in [1.82, 2.24) is 9.55 Å². The number of carbonyl (C=O) groups is 2. The van der Waals surface area contributed by atoms with Crippen molar-refractivity contribution in [3.8, 4) is 17.0 Å². The molecule has 0 spiro atoms. The first-order valence-corrected chi connectivity index (χ1v) is 8.78. The minimum absolute atomic E-state index is 0.0256. The van der Waals surface area contributed by atoms with E-state index < -0.39 is 17.5 Å². The van der Waals surface area contributed by atoms with Gasteiger partial charge in [-0.2, -0.15) is 4.39 Å². The minimum atomic E-state index is -1.13. The molecule has 0 unspecified atom stereocenters. The quantitative estimate of drug-likeness (QED) is 0.619. The molecule has 0 aliphatic rings. The summed E-state index contributed by atoms with van der Waals surface area (Å²) in [6.45, 7) is 1.38. The number of methoxy groups -OCH3 is 1. The minimum Gasteiger partial charge on any atom is -0.494 e. The van der Waals surface area contributed by atoms with Crippen LogP contribution in [0, 0.1) is 11.6 Å². The summed E-state index contributed by atoms with van der Waals surface area (Å²) in [6, 6.07) is 7.11. The van der Waals surface area contributed by atoms with Crippen molar-refractivity contribution in [2.45, 2.75) is 6.92 Å². The van der Waals surface area contributed by atoms with Gasteiger partial charge in [0.2, 0.25) is 5.82 Å². The maximum atomic E-state index is 14.4. The normalized spacial score (nSPS) is 10.7. The first-order chi connectivity index (χ1) is 13.7. The van der Waals surface area contributed by atoms with Crippen LogP contribution in [0.3, 0.4) is 0 Å². The van der Waals surface area contributed by atoms with Crippen molar-refractivity contribution in [2.75, 3.05) is 12.4 Å². The smallest absolute Gasteiger partial charge is 0.291 e. The van der Waals surface area contributed by atoms with E-state index in [0.29, 0.717) is 11.3 Å². The van der Waals surface area contributed by atoms with Crippen molar-refractivity contribution in [3.05, 3.63) is 64.6 Å².